The molecular formula is C20H19ClN5O2S+. The molecule has 0 saturated carbocycles. The van der Waals surface area contributed by atoms with E-state index >= 15 is 0 Å². The number of nitrogens with zero attached hydrogens (tertiary/aromatic N) is 5. The first-order valence-electron chi connectivity index (χ1n) is 8.94. The zero-order valence-electron chi connectivity index (χ0n) is 15.8. The molecule has 1 N–H and O–H groups in total. The van der Waals surface area contributed by atoms with Gasteiger partial charge in [-0.05, 0) is 50.2 Å². The lowest BCUT2D eigenvalue weighted by Gasteiger charge is -2.06. The molecule has 4 rings (SSSR count). The molecule has 4 aromatic rings. The number of fused-ring (bicyclic) bond motifs is 1. The quantitative estimate of drug-likeness (QED) is 0.482. The first kappa shape index (κ1) is 19.5. The summed E-state index contributed by atoms with van der Waals surface area (Å²) in [5.74, 6) is 0.455. The summed E-state index contributed by atoms with van der Waals surface area (Å²) in [6.45, 7) is 4.12. The van der Waals surface area contributed by atoms with Crippen molar-refractivity contribution < 1.29 is 13.3 Å². The molecule has 1 unspecified atom stereocenters. The van der Waals surface area contributed by atoms with Gasteiger partial charge in [-0.3, -0.25) is 4.55 Å². The average Bonchev–Trinajstić information content (AvgIpc) is 3.18. The molecule has 0 saturated heterocycles. The third kappa shape index (κ3) is 4.00. The molecule has 0 fully saturated rings. The van der Waals surface area contributed by atoms with Gasteiger partial charge in [0.2, 0.25) is 5.82 Å². The Hall–Kier alpha value is -2.81. The maximum Gasteiger partial charge on any atom is 0.272 e. The fraction of sp³-hybridized carbons (Fsp3) is 0.150. The predicted octanol–water partition coefficient (Wildman–Crippen LogP) is 4.57. The molecule has 0 aliphatic carbocycles. The van der Waals surface area contributed by atoms with Crippen molar-refractivity contribution in [3.63, 3.8) is 0 Å². The minimum absolute atomic E-state index is 0.0812. The van der Waals surface area contributed by atoms with E-state index in [1.54, 1.807) is 22.8 Å². The number of rotatable bonds is 4. The number of para-hydroxylation sites is 2. The van der Waals surface area contributed by atoms with E-state index in [9.17, 15) is 8.76 Å². The van der Waals surface area contributed by atoms with Gasteiger partial charge in [0, 0.05) is 5.02 Å². The van der Waals surface area contributed by atoms with E-state index in [1.807, 2.05) is 41.5 Å². The predicted molar refractivity (Wildman–Crippen MR) is 112 cm³/mol. The van der Waals surface area contributed by atoms with Crippen LogP contribution in [0.5, 0.6) is 0 Å². The van der Waals surface area contributed by atoms with Crippen molar-refractivity contribution in [1.29, 1.82) is 0 Å². The van der Waals surface area contributed by atoms with Crippen molar-refractivity contribution in [2.24, 2.45) is 4.36 Å². The Morgan fingerprint density at radius 3 is 2.38 bits per heavy atom. The summed E-state index contributed by atoms with van der Waals surface area (Å²) in [6.07, 6.45) is 5.57. The van der Waals surface area contributed by atoms with Gasteiger partial charge < -0.3 is 0 Å². The largest absolute Gasteiger partial charge is 0.296 e. The van der Waals surface area contributed by atoms with Gasteiger partial charge in [-0.15, -0.1) is 4.36 Å². The molecule has 0 radical (unpaired) electrons. The van der Waals surface area contributed by atoms with Gasteiger partial charge in [0.15, 0.2) is 10.0 Å². The molecule has 0 aliphatic heterocycles. The second kappa shape index (κ2) is 7.55. The Morgan fingerprint density at radius 1 is 1.10 bits per heavy atom. The van der Waals surface area contributed by atoms with Gasteiger partial charge in [-0.2, -0.15) is 4.57 Å². The molecule has 0 spiro atoms. The summed E-state index contributed by atoms with van der Waals surface area (Å²) in [5, 5.41) is 0.473. The van der Waals surface area contributed by atoms with Gasteiger partial charge in [-0.25, -0.2) is 18.7 Å². The fourth-order valence-corrected chi connectivity index (χ4v) is 3.88. The summed E-state index contributed by atoms with van der Waals surface area (Å²) in [7, 11) is -3.75. The van der Waals surface area contributed by atoms with Gasteiger partial charge >= 0.3 is 0 Å². The van der Waals surface area contributed by atoms with Crippen molar-refractivity contribution >= 4 is 38.5 Å². The molecule has 0 amide bonds. The third-order valence-electron chi connectivity index (χ3n) is 4.36. The topological polar surface area (TPSA) is 84.3 Å². The van der Waals surface area contributed by atoms with E-state index < -0.39 is 10.0 Å². The van der Waals surface area contributed by atoms with Gasteiger partial charge in [0.1, 0.15) is 12.4 Å². The normalized spacial score (nSPS) is 13.6. The Morgan fingerprint density at radius 2 is 1.76 bits per heavy atom. The van der Waals surface area contributed by atoms with Crippen LogP contribution in [0.15, 0.2) is 76.5 Å². The molecule has 0 bridgehead atoms. The summed E-state index contributed by atoms with van der Waals surface area (Å²) in [5.41, 5.74) is 1.26. The van der Waals surface area contributed by atoms with Crippen LogP contribution in [0.2, 0.25) is 5.02 Å². The minimum Gasteiger partial charge on any atom is -0.296 e. The van der Waals surface area contributed by atoms with Crippen LogP contribution in [0.1, 0.15) is 19.9 Å². The van der Waals surface area contributed by atoms with E-state index in [0.717, 1.165) is 0 Å². The molecule has 7 nitrogen and oxygen atoms in total. The van der Waals surface area contributed by atoms with Crippen LogP contribution in [0.3, 0.4) is 0 Å². The van der Waals surface area contributed by atoms with Crippen LogP contribution in [-0.2, 0) is 10.0 Å². The Kier molecular flexibility index (Phi) is 5.08. The second-order valence-electron chi connectivity index (χ2n) is 6.76. The molecule has 2 heterocycles. The smallest absolute Gasteiger partial charge is 0.272 e. The van der Waals surface area contributed by atoms with Crippen molar-refractivity contribution in [1.82, 2.24) is 14.5 Å². The number of aromatic nitrogens is 4. The lowest BCUT2D eigenvalue weighted by Crippen LogP contribution is -2.33. The SMILES string of the molecule is CC(C)[n+]1ccn(-c2nc3ccccc3nc2N=S(=O)(O)c2ccc(Cl)cc2)c1. The number of hydrogen-bond donors (Lipinski definition) is 1. The van der Waals surface area contributed by atoms with Gasteiger partial charge in [0.05, 0.1) is 22.0 Å². The van der Waals surface area contributed by atoms with Crippen molar-refractivity contribution in [2.45, 2.75) is 24.8 Å². The number of imidazole rings is 1. The zero-order chi connectivity index (χ0) is 20.6. The van der Waals surface area contributed by atoms with Crippen LogP contribution >= 0.6 is 11.6 Å². The highest BCUT2D eigenvalue weighted by Crippen LogP contribution is 2.26. The third-order valence-corrected chi connectivity index (χ3v) is 5.92. The maximum absolute atomic E-state index is 13.0. The van der Waals surface area contributed by atoms with E-state index in [4.69, 9.17) is 11.6 Å². The average molecular weight is 429 g/mol. The van der Waals surface area contributed by atoms with Crippen LogP contribution in [0.25, 0.3) is 16.9 Å². The van der Waals surface area contributed by atoms with Crippen LogP contribution < -0.4 is 4.57 Å². The van der Waals surface area contributed by atoms with Crippen LogP contribution in [0.4, 0.5) is 5.82 Å². The summed E-state index contributed by atoms with van der Waals surface area (Å²) < 4.78 is 31.4. The van der Waals surface area contributed by atoms with E-state index in [0.29, 0.717) is 21.9 Å². The van der Waals surface area contributed by atoms with Crippen molar-refractivity contribution in [2.75, 3.05) is 0 Å². The first-order chi connectivity index (χ1) is 13.8. The minimum atomic E-state index is -3.75. The van der Waals surface area contributed by atoms with Crippen LogP contribution in [-0.4, -0.2) is 23.3 Å². The Balaban J connectivity index is 1.94. The standard InChI is InChI=1S/C20H18ClN5O2S/c1-14(2)25-11-12-26(13-25)20-19(22-17-5-3-4-6-18(17)23-20)24-29(27,28)16-9-7-15(21)8-10-16/h3-14H,1-2H3/p+1. The number of benzene rings is 2. The van der Waals surface area contributed by atoms with E-state index in [2.05, 4.69) is 28.2 Å². The summed E-state index contributed by atoms with van der Waals surface area (Å²) in [4.78, 5) is 9.30. The molecular weight excluding hydrogens is 410 g/mol. The first-order valence-corrected chi connectivity index (χ1v) is 10.8. The maximum atomic E-state index is 13.0. The fourth-order valence-electron chi connectivity index (χ4n) is 2.80. The van der Waals surface area contributed by atoms with E-state index in [1.165, 1.54) is 12.1 Å². The molecule has 1 atom stereocenters. The molecule has 2 aromatic heterocycles. The highest BCUT2D eigenvalue weighted by Gasteiger charge is 2.20. The van der Waals surface area contributed by atoms with E-state index in [-0.39, 0.29) is 16.8 Å². The van der Waals surface area contributed by atoms with Crippen molar-refractivity contribution in [3.8, 4) is 5.82 Å². The zero-order valence-corrected chi connectivity index (χ0v) is 17.4. The molecule has 0 aliphatic rings. The van der Waals surface area contributed by atoms with Gasteiger partial charge in [0.25, 0.3) is 12.1 Å². The monoisotopic (exact) mass is 428 g/mol. The molecule has 9 heteroatoms. The van der Waals surface area contributed by atoms with Crippen molar-refractivity contribution in [3.05, 3.63) is 72.3 Å². The van der Waals surface area contributed by atoms with Gasteiger partial charge in [-0.1, -0.05) is 23.7 Å². The molecule has 2 aromatic carbocycles. The second-order valence-corrected chi connectivity index (χ2v) is 8.85. The highest BCUT2D eigenvalue weighted by molar-refractivity contribution is 7.88. The Labute approximate surface area is 173 Å². The summed E-state index contributed by atoms with van der Waals surface area (Å²) in [6, 6.07) is 13.6. The lowest BCUT2D eigenvalue weighted by atomic mass is 10.3. The molecule has 29 heavy (non-hydrogen) atoms. The summed E-state index contributed by atoms with van der Waals surface area (Å²) >= 11 is 5.89. The Bertz CT molecular complexity index is 1310. The van der Waals surface area contributed by atoms with Crippen LogP contribution in [0, 0.1) is 0 Å². The highest BCUT2D eigenvalue weighted by atomic mass is 35.5. The molecule has 148 valence electrons. The number of hydrogen-bond acceptors (Lipinski definition) is 4. The lowest BCUT2D eigenvalue weighted by molar-refractivity contribution is -0.715. The number of halogens is 1.